The third kappa shape index (κ3) is 4.53. The molecule has 2 N–H and O–H groups in total. The van der Waals surface area contributed by atoms with Crippen molar-refractivity contribution >= 4 is 17.5 Å². The summed E-state index contributed by atoms with van der Waals surface area (Å²) < 4.78 is 10.8. The topological polar surface area (TPSA) is 76.7 Å². The molecule has 1 saturated carbocycles. The fraction of sp³-hybridized carbons (Fsp3) is 0.440. The molecule has 2 aromatic rings. The van der Waals surface area contributed by atoms with Crippen LogP contribution in [-0.2, 0) is 21.5 Å². The molecule has 0 saturated heterocycles. The summed E-state index contributed by atoms with van der Waals surface area (Å²) in [7, 11) is 0. The van der Waals surface area contributed by atoms with Gasteiger partial charge in [-0.2, -0.15) is 0 Å². The first-order valence-corrected chi connectivity index (χ1v) is 11.1. The van der Waals surface area contributed by atoms with Crippen molar-refractivity contribution in [1.82, 2.24) is 5.32 Å². The van der Waals surface area contributed by atoms with Crippen molar-refractivity contribution < 1.29 is 19.1 Å². The van der Waals surface area contributed by atoms with Crippen molar-refractivity contribution in [3.05, 3.63) is 53.6 Å². The highest BCUT2D eigenvalue weighted by Crippen LogP contribution is 2.40. The second-order valence-corrected chi connectivity index (χ2v) is 8.73. The van der Waals surface area contributed by atoms with Crippen LogP contribution in [0.2, 0.25) is 0 Å². The van der Waals surface area contributed by atoms with E-state index in [4.69, 9.17) is 9.47 Å². The highest BCUT2D eigenvalue weighted by molar-refractivity contribution is 5.92. The van der Waals surface area contributed by atoms with E-state index in [0.717, 1.165) is 60.4 Å². The van der Waals surface area contributed by atoms with Crippen LogP contribution in [-0.4, -0.2) is 18.6 Å². The molecule has 4 rings (SSSR count). The summed E-state index contributed by atoms with van der Waals surface area (Å²) in [5, 5.41) is 6.07. The fourth-order valence-corrected chi connectivity index (χ4v) is 4.36. The van der Waals surface area contributed by atoms with E-state index in [-0.39, 0.29) is 24.5 Å². The highest BCUT2D eigenvalue weighted by atomic mass is 16.7. The number of ether oxygens (including phenoxy) is 2. The van der Waals surface area contributed by atoms with Crippen molar-refractivity contribution in [2.45, 2.75) is 57.9 Å². The average Bonchev–Trinajstić information content (AvgIpc) is 3.26. The zero-order valence-electron chi connectivity index (χ0n) is 18.2. The van der Waals surface area contributed by atoms with E-state index >= 15 is 0 Å². The Hall–Kier alpha value is -3.02. The molecule has 6 heteroatoms. The molecule has 164 valence electrons. The number of hydrogen-bond acceptors (Lipinski definition) is 4. The number of hydrogen-bond donors (Lipinski definition) is 2. The van der Waals surface area contributed by atoms with E-state index in [2.05, 4.69) is 10.6 Å². The second-order valence-electron chi connectivity index (χ2n) is 8.73. The number of benzene rings is 2. The van der Waals surface area contributed by atoms with Gasteiger partial charge in [0.1, 0.15) is 0 Å². The van der Waals surface area contributed by atoms with Gasteiger partial charge < -0.3 is 20.1 Å². The molecule has 0 aromatic heterocycles. The molecule has 0 bridgehead atoms. The Morgan fingerprint density at radius 3 is 2.39 bits per heavy atom. The van der Waals surface area contributed by atoms with Crippen molar-refractivity contribution in [3.63, 3.8) is 0 Å². The lowest BCUT2D eigenvalue weighted by Gasteiger charge is -2.36. The van der Waals surface area contributed by atoms with Gasteiger partial charge in [0.2, 0.25) is 18.6 Å². The Kier molecular flexibility index (Phi) is 6.16. The van der Waals surface area contributed by atoms with Crippen molar-refractivity contribution in [3.8, 4) is 11.5 Å². The van der Waals surface area contributed by atoms with Crippen LogP contribution < -0.4 is 20.1 Å². The molecule has 1 aliphatic carbocycles. The smallest absolute Gasteiger partial charge is 0.231 e. The van der Waals surface area contributed by atoms with E-state index in [1.807, 2.05) is 56.3 Å². The van der Waals surface area contributed by atoms with E-state index in [1.165, 1.54) is 0 Å². The Morgan fingerprint density at radius 1 is 0.968 bits per heavy atom. The van der Waals surface area contributed by atoms with Gasteiger partial charge in [0.15, 0.2) is 11.5 Å². The number of nitrogens with one attached hydrogen (secondary N) is 2. The van der Waals surface area contributed by atoms with E-state index in [9.17, 15) is 9.59 Å². The monoisotopic (exact) mass is 422 g/mol. The second kappa shape index (κ2) is 9.00. The van der Waals surface area contributed by atoms with Crippen molar-refractivity contribution in [1.29, 1.82) is 0 Å². The molecular weight excluding hydrogens is 392 g/mol. The Labute approximate surface area is 183 Å². The molecule has 2 aliphatic rings. The Bertz CT molecular complexity index is 946. The van der Waals surface area contributed by atoms with E-state index in [0.29, 0.717) is 6.54 Å². The van der Waals surface area contributed by atoms with Crippen LogP contribution >= 0.6 is 0 Å². The van der Waals surface area contributed by atoms with Crippen LogP contribution in [0.25, 0.3) is 0 Å². The Morgan fingerprint density at radius 2 is 1.68 bits per heavy atom. The summed E-state index contributed by atoms with van der Waals surface area (Å²) in [5.74, 6) is 1.43. The minimum Gasteiger partial charge on any atom is -0.454 e. The average molecular weight is 423 g/mol. The van der Waals surface area contributed by atoms with E-state index in [1.54, 1.807) is 0 Å². The van der Waals surface area contributed by atoms with Gasteiger partial charge in [0, 0.05) is 18.2 Å². The number of fused-ring (bicyclic) bond motifs is 1. The first kappa shape index (κ1) is 21.2. The van der Waals surface area contributed by atoms with Gasteiger partial charge in [-0.3, -0.25) is 9.59 Å². The minimum absolute atomic E-state index is 0.0124. The molecule has 1 aliphatic heterocycles. The van der Waals surface area contributed by atoms with Gasteiger partial charge >= 0.3 is 0 Å². The molecule has 31 heavy (non-hydrogen) atoms. The third-order valence-corrected chi connectivity index (χ3v) is 6.26. The molecule has 1 fully saturated rings. The van der Waals surface area contributed by atoms with Gasteiger partial charge in [0.25, 0.3) is 0 Å². The molecule has 0 atom stereocenters. The Balaban J connectivity index is 1.49. The number of rotatable bonds is 6. The maximum absolute atomic E-state index is 13.4. The SMILES string of the molecule is CC(C)C(=O)Nc1ccc(C2(C(=O)NCc3ccc4c(c3)OCO4)CCCCC2)cc1. The van der Waals surface area contributed by atoms with Gasteiger partial charge in [-0.05, 0) is 48.2 Å². The molecular formula is C25H30N2O4. The number of carbonyl (C=O) groups is 2. The van der Waals surface area contributed by atoms with Gasteiger partial charge in [-0.15, -0.1) is 0 Å². The molecule has 6 nitrogen and oxygen atoms in total. The summed E-state index contributed by atoms with van der Waals surface area (Å²) >= 11 is 0. The maximum Gasteiger partial charge on any atom is 0.231 e. The van der Waals surface area contributed by atoms with Crippen LogP contribution in [0.15, 0.2) is 42.5 Å². The first-order chi connectivity index (χ1) is 15.0. The first-order valence-electron chi connectivity index (χ1n) is 11.1. The summed E-state index contributed by atoms with van der Waals surface area (Å²) in [6.45, 7) is 4.41. The summed E-state index contributed by atoms with van der Waals surface area (Å²) in [6, 6.07) is 13.5. The molecule has 2 amide bonds. The third-order valence-electron chi connectivity index (χ3n) is 6.26. The quantitative estimate of drug-likeness (QED) is 0.717. The van der Waals surface area contributed by atoms with Crippen molar-refractivity contribution in [2.75, 3.05) is 12.1 Å². The zero-order valence-corrected chi connectivity index (χ0v) is 18.2. The number of amides is 2. The summed E-state index contributed by atoms with van der Waals surface area (Å²) in [5.41, 5.74) is 2.22. The lowest BCUT2D eigenvalue weighted by Crippen LogP contribution is -2.45. The van der Waals surface area contributed by atoms with Crippen LogP contribution in [0.1, 0.15) is 57.1 Å². The van der Waals surface area contributed by atoms with E-state index < -0.39 is 5.41 Å². The maximum atomic E-state index is 13.4. The molecule has 1 heterocycles. The van der Waals surface area contributed by atoms with Crippen LogP contribution in [0.5, 0.6) is 11.5 Å². The number of carbonyl (C=O) groups excluding carboxylic acids is 2. The molecule has 0 spiro atoms. The molecule has 0 radical (unpaired) electrons. The minimum atomic E-state index is -0.533. The largest absolute Gasteiger partial charge is 0.454 e. The van der Waals surface area contributed by atoms with Crippen LogP contribution in [0, 0.1) is 5.92 Å². The van der Waals surface area contributed by atoms with Gasteiger partial charge in [-0.1, -0.05) is 51.3 Å². The van der Waals surface area contributed by atoms with Crippen LogP contribution in [0.4, 0.5) is 5.69 Å². The fourth-order valence-electron chi connectivity index (χ4n) is 4.36. The van der Waals surface area contributed by atoms with Crippen LogP contribution in [0.3, 0.4) is 0 Å². The summed E-state index contributed by atoms with van der Waals surface area (Å²) in [4.78, 5) is 25.4. The standard InChI is InChI=1S/C25H30N2O4/c1-17(2)23(28)27-20-9-7-19(8-10-20)25(12-4-3-5-13-25)24(29)26-15-18-6-11-21-22(14-18)31-16-30-21/h6-11,14,17H,3-5,12-13,15-16H2,1-2H3,(H,26,29)(H,27,28). The lowest BCUT2D eigenvalue weighted by molar-refractivity contribution is -0.128. The summed E-state index contributed by atoms with van der Waals surface area (Å²) in [6.07, 6.45) is 4.88. The normalized spacial score (nSPS) is 16.7. The number of anilines is 1. The van der Waals surface area contributed by atoms with Gasteiger partial charge in [-0.25, -0.2) is 0 Å². The zero-order chi connectivity index (χ0) is 21.8. The predicted molar refractivity (Wildman–Crippen MR) is 119 cm³/mol. The lowest BCUT2D eigenvalue weighted by atomic mass is 9.68. The highest BCUT2D eigenvalue weighted by Gasteiger charge is 2.40. The van der Waals surface area contributed by atoms with Gasteiger partial charge in [0.05, 0.1) is 5.41 Å². The molecule has 2 aromatic carbocycles. The van der Waals surface area contributed by atoms with Crippen molar-refractivity contribution in [2.24, 2.45) is 5.92 Å². The predicted octanol–water partition coefficient (Wildman–Crippen LogP) is 4.53. The molecule has 0 unspecified atom stereocenters.